The summed E-state index contributed by atoms with van der Waals surface area (Å²) in [5, 5.41) is 0. The first-order valence-electron chi connectivity index (χ1n) is 8.22. The van der Waals surface area contributed by atoms with Crippen LogP contribution in [0.5, 0.6) is 5.75 Å². The highest BCUT2D eigenvalue weighted by Gasteiger charge is 2.28. The van der Waals surface area contributed by atoms with Gasteiger partial charge in [-0.05, 0) is 62.4 Å². The quantitative estimate of drug-likeness (QED) is 0.572. The molecule has 3 heteroatoms. The van der Waals surface area contributed by atoms with Crippen molar-refractivity contribution in [2.45, 2.75) is 33.1 Å². The van der Waals surface area contributed by atoms with Crippen molar-refractivity contribution in [2.24, 2.45) is 5.92 Å². The van der Waals surface area contributed by atoms with Gasteiger partial charge in [0.15, 0.2) is 11.6 Å². The summed E-state index contributed by atoms with van der Waals surface area (Å²) in [7, 11) is 1.63. The third kappa shape index (κ3) is 3.73. The molecule has 0 amide bonds. The smallest absolute Gasteiger partial charge is 0.166 e. The molecular weight excluding hydrogens is 300 g/mol. The maximum atomic E-state index is 12.8. The van der Waals surface area contributed by atoms with Gasteiger partial charge in [0.2, 0.25) is 0 Å². The number of fused-ring (bicyclic) bond motifs is 1. The molecule has 0 spiro atoms. The van der Waals surface area contributed by atoms with Crippen LogP contribution >= 0.6 is 0 Å². The molecule has 0 fully saturated rings. The van der Waals surface area contributed by atoms with Crippen LogP contribution in [0.4, 0.5) is 0 Å². The standard InChI is InChI=1S/C21H24O3/c1-5-7-15(19(6-2)14(3)22)12-17-9-8-16-13-18(24-4)10-11-20(16)21(17)23/h5-7,10-11,13,17H,2,8-9,12H2,1,3-4H3/b7-5-,19-15-. The number of hydrogen-bond acceptors (Lipinski definition) is 3. The Morgan fingerprint density at radius 3 is 2.75 bits per heavy atom. The molecule has 0 heterocycles. The molecule has 0 aliphatic heterocycles. The molecule has 1 aliphatic rings. The van der Waals surface area contributed by atoms with Crippen LogP contribution in [0.15, 0.2) is 54.2 Å². The fourth-order valence-electron chi connectivity index (χ4n) is 3.26. The van der Waals surface area contributed by atoms with Crippen molar-refractivity contribution >= 4 is 11.6 Å². The second-order valence-corrected chi connectivity index (χ2v) is 6.03. The maximum Gasteiger partial charge on any atom is 0.166 e. The molecule has 0 N–H and O–H groups in total. The van der Waals surface area contributed by atoms with Crippen LogP contribution in [0.25, 0.3) is 0 Å². The Morgan fingerprint density at radius 2 is 2.17 bits per heavy atom. The Balaban J connectivity index is 2.31. The van der Waals surface area contributed by atoms with E-state index < -0.39 is 0 Å². The lowest BCUT2D eigenvalue weighted by atomic mass is 9.78. The Bertz CT molecular complexity index is 723. The first-order valence-corrected chi connectivity index (χ1v) is 8.22. The molecule has 3 nitrogen and oxygen atoms in total. The van der Waals surface area contributed by atoms with Gasteiger partial charge in [0.05, 0.1) is 7.11 Å². The normalized spacial score (nSPS) is 18.1. The molecule has 0 radical (unpaired) electrons. The Hall–Kier alpha value is -2.42. The molecule has 2 rings (SSSR count). The van der Waals surface area contributed by atoms with Gasteiger partial charge in [0.25, 0.3) is 0 Å². The minimum absolute atomic E-state index is 0.0218. The number of methoxy groups -OCH3 is 1. The number of ketones is 2. The van der Waals surface area contributed by atoms with E-state index in [-0.39, 0.29) is 17.5 Å². The third-order valence-electron chi connectivity index (χ3n) is 4.47. The van der Waals surface area contributed by atoms with E-state index in [0.717, 1.165) is 35.3 Å². The highest BCUT2D eigenvalue weighted by atomic mass is 16.5. The zero-order valence-electron chi connectivity index (χ0n) is 14.6. The van der Waals surface area contributed by atoms with Gasteiger partial charge in [-0.3, -0.25) is 9.59 Å². The fraction of sp³-hybridized carbons (Fsp3) is 0.333. The number of rotatable bonds is 6. The summed E-state index contributed by atoms with van der Waals surface area (Å²) in [4.78, 5) is 24.7. The second-order valence-electron chi connectivity index (χ2n) is 6.03. The van der Waals surface area contributed by atoms with Gasteiger partial charge < -0.3 is 4.74 Å². The monoisotopic (exact) mass is 324 g/mol. The van der Waals surface area contributed by atoms with E-state index in [4.69, 9.17) is 4.74 Å². The SMILES string of the molecule is C=C/C(C(C)=O)=C(\C=C/C)CC1CCc2cc(OC)ccc2C1=O. The number of carbonyl (C=O) groups excluding carboxylic acids is 2. The van der Waals surface area contributed by atoms with E-state index in [1.165, 1.54) is 6.92 Å². The molecule has 1 atom stereocenters. The third-order valence-corrected chi connectivity index (χ3v) is 4.47. The highest BCUT2D eigenvalue weighted by Crippen LogP contribution is 2.33. The molecule has 0 bridgehead atoms. The van der Waals surface area contributed by atoms with Crippen molar-refractivity contribution in [1.82, 2.24) is 0 Å². The van der Waals surface area contributed by atoms with Gasteiger partial charge in [-0.15, -0.1) is 0 Å². The largest absolute Gasteiger partial charge is 0.497 e. The van der Waals surface area contributed by atoms with Gasteiger partial charge in [-0.2, -0.15) is 0 Å². The summed E-state index contributed by atoms with van der Waals surface area (Å²) in [6.45, 7) is 7.18. The number of Topliss-reactive ketones (excluding diaryl/α,β-unsaturated/α-hetero) is 2. The van der Waals surface area contributed by atoms with Crippen molar-refractivity contribution in [2.75, 3.05) is 7.11 Å². The van der Waals surface area contributed by atoms with Gasteiger partial charge in [0.1, 0.15) is 5.75 Å². The summed E-state index contributed by atoms with van der Waals surface area (Å²) in [5.74, 6) is 0.797. The summed E-state index contributed by atoms with van der Waals surface area (Å²) in [6, 6.07) is 5.62. The van der Waals surface area contributed by atoms with E-state index in [9.17, 15) is 9.59 Å². The Morgan fingerprint density at radius 1 is 1.42 bits per heavy atom. The molecule has 0 aromatic heterocycles. The van der Waals surface area contributed by atoms with Gasteiger partial charge in [-0.1, -0.05) is 24.8 Å². The summed E-state index contributed by atoms with van der Waals surface area (Å²) >= 11 is 0. The topological polar surface area (TPSA) is 43.4 Å². The van der Waals surface area contributed by atoms with Crippen LogP contribution < -0.4 is 4.74 Å². The fourth-order valence-corrected chi connectivity index (χ4v) is 3.26. The summed E-state index contributed by atoms with van der Waals surface area (Å²) < 4.78 is 5.23. The number of aryl methyl sites for hydroxylation is 1. The van der Waals surface area contributed by atoms with Crippen molar-refractivity contribution in [3.63, 3.8) is 0 Å². The van der Waals surface area contributed by atoms with E-state index in [2.05, 4.69) is 6.58 Å². The van der Waals surface area contributed by atoms with E-state index >= 15 is 0 Å². The maximum absolute atomic E-state index is 12.8. The molecule has 0 saturated heterocycles. The average Bonchev–Trinajstić information content (AvgIpc) is 2.57. The van der Waals surface area contributed by atoms with Gasteiger partial charge >= 0.3 is 0 Å². The van der Waals surface area contributed by atoms with E-state index in [1.54, 1.807) is 13.2 Å². The van der Waals surface area contributed by atoms with Crippen molar-refractivity contribution in [3.05, 3.63) is 65.3 Å². The predicted molar refractivity (Wildman–Crippen MR) is 96.5 cm³/mol. The summed E-state index contributed by atoms with van der Waals surface area (Å²) in [5.41, 5.74) is 3.30. The van der Waals surface area contributed by atoms with Crippen LogP contribution in [-0.2, 0) is 11.2 Å². The number of ether oxygens (including phenoxy) is 1. The average molecular weight is 324 g/mol. The minimum Gasteiger partial charge on any atom is -0.497 e. The molecule has 1 aromatic rings. The van der Waals surface area contributed by atoms with Gasteiger partial charge in [0, 0.05) is 17.1 Å². The molecule has 1 aliphatic carbocycles. The van der Waals surface area contributed by atoms with Crippen molar-refractivity contribution in [1.29, 1.82) is 0 Å². The van der Waals surface area contributed by atoms with Crippen LogP contribution in [-0.4, -0.2) is 18.7 Å². The highest BCUT2D eigenvalue weighted by molar-refractivity contribution is 6.01. The molecule has 0 saturated carbocycles. The minimum atomic E-state index is -0.105. The predicted octanol–water partition coefficient (Wildman–Crippen LogP) is 4.48. The second kappa shape index (κ2) is 7.91. The molecule has 1 unspecified atom stereocenters. The molecule has 126 valence electrons. The molecular formula is C21H24O3. The van der Waals surface area contributed by atoms with E-state index in [1.807, 2.05) is 37.3 Å². The van der Waals surface area contributed by atoms with Crippen LogP contribution in [0.2, 0.25) is 0 Å². The lowest BCUT2D eigenvalue weighted by Crippen LogP contribution is -2.23. The Kier molecular flexibility index (Phi) is 5.91. The number of allylic oxidation sites excluding steroid dienone is 5. The molecule has 24 heavy (non-hydrogen) atoms. The number of hydrogen-bond donors (Lipinski definition) is 0. The lowest BCUT2D eigenvalue weighted by molar-refractivity contribution is -0.113. The number of benzene rings is 1. The van der Waals surface area contributed by atoms with Crippen LogP contribution in [0.1, 0.15) is 42.6 Å². The zero-order chi connectivity index (χ0) is 17.7. The Labute approximate surface area is 143 Å². The zero-order valence-corrected chi connectivity index (χ0v) is 14.6. The molecule has 1 aromatic carbocycles. The van der Waals surface area contributed by atoms with Crippen molar-refractivity contribution in [3.8, 4) is 5.75 Å². The first-order chi connectivity index (χ1) is 11.5. The number of carbonyl (C=O) groups is 2. The van der Waals surface area contributed by atoms with Gasteiger partial charge in [-0.25, -0.2) is 0 Å². The van der Waals surface area contributed by atoms with Crippen LogP contribution in [0, 0.1) is 5.92 Å². The van der Waals surface area contributed by atoms with Crippen molar-refractivity contribution < 1.29 is 14.3 Å². The summed E-state index contributed by atoms with van der Waals surface area (Å²) in [6.07, 6.45) is 7.58. The van der Waals surface area contributed by atoms with Crippen LogP contribution in [0.3, 0.4) is 0 Å². The first kappa shape index (κ1) is 17.9. The van der Waals surface area contributed by atoms with E-state index in [0.29, 0.717) is 12.0 Å². The lowest BCUT2D eigenvalue weighted by Gasteiger charge is -2.24.